The van der Waals surface area contributed by atoms with E-state index in [9.17, 15) is 0 Å². The molecule has 1 aromatic heterocycles. The monoisotopic (exact) mass is 264 g/mol. The number of likely N-dealkylation sites (N-methyl/N-ethyl adjacent to an activating group) is 1. The summed E-state index contributed by atoms with van der Waals surface area (Å²) >= 11 is 1.76. The number of thiazole rings is 1. The quantitative estimate of drug-likeness (QED) is 0.869. The first kappa shape index (κ1) is 13.3. The first-order chi connectivity index (χ1) is 8.72. The molecule has 2 rings (SSSR count). The molecule has 2 aromatic rings. The number of benzene rings is 1. The Bertz CT molecular complexity index is 509. The predicted molar refractivity (Wildman–Crippen MR) is 77.6 cm³/mol. The first-order valence-corrected chi connectivity index (χ1v) is 7.30. The van der Waals surface area contributed by atoms with Gasteiger partial charge < -0.3 is 10.1 Å². The fourth-order valence-electron chi connectivity index (χ4n) is 1.98. The molecule has 3 nitrogen and oxygen atoms in total. The average molecular weight is 264 g/mol. The van der Waals surface area contributed by atoms with Crippen molar-refractivity contribution >= 4 is 21.6 Å². The summed E-state index contributed by atoms with van der Waals surface area (Å²) in [7, 11) is 0. The maximum absolute atomic E-state index is 5.51. The second-order valence-corrected chi connectivity index (χ2v) is 5.45. The lowest BCUT2D eigenvalue weighted by molar-refractivity contribution is 0.341. The molecule has 0 radical (unpaired) electrons. The van der Waals surface area contributed by atoms with E-state index < -0.39 is 0 Å². The molecule has 1 unspecified atom stereocenters. The molecule has 0 amide bonds. The Hall–Kier alpha value is -1.13. The molecule has 18 heavy (non-hydrogen) atoms. The Balaban J connectivity index is 2.16. The molecule has 0 spiro atoms. The standard InChI is InChI=1S/C14H20N2OS/c1-4-15-10(3)8-14-16-12-7-6-11(17-5-2)9-13(12)18-14/h6-7,9-10,15H,4-5,8H2,1-3H3. The highest BCUT2D eigenvalue weighted by Gasteiger charge is 2.08. The number of ether oxygens (including phenoxy) is 1. The van der Waals surface area contributed by atoms with Gasteiger partial charge in [-0.2, -0.15) is 0 Å². The van der Waals surface area contributed by atoms with Crippen molar-refractivity contribution < 1.29 is 4.74 Å². The van der Waals surface area contributed by atoms with Crippen LogP contribution in [0, 0.1) is 0 Å². The molecule has 1 aromatic carbocycles. The fourth-order valence-corrected chi connectivity index (χ4v) is 3.10. The highest BCUT2D eigenvalue weighted by atomic mass is 32.1. The number of rotatable bonds is 6. The summed E-state index contributed by atoms with van der Waals surface area (Å²) in [5.41, 5.74) is 1.07. The Morgan fingerprint density at radius 3 is 2.94 bits per heavy atom. The van der Waals surface area contributed by atoms with Crippen molar-refractivity contribution in [1.29, 1.82) is 0 Å². The second-order valence-electron chi connectivity index (χ2n) is 4.33. The summed E-state index contributed by atoms with van der Waals surface area (Å²) in [5.74, 6) is 0.930. The smallest absolute Gasteiger partial charge is 0.120 e. The van der Waals surface area contributed by atoms with Crippen LogP contribution < -0.4 is 10.1 Å². The lowest BCUT2D eigenvalue weighted by atomic mass is 10.2. The van der Waals surface area contributed by atoms with Crippen molar-refractivity contribution in [2.45, 2.75) is 33.2 Å². The normalized spacial score (nSPS) is 12.8. The minimum Gasteiger partial charge on any atom is -0.494 e. The second kappa shape index (κ2) is 6.16. The summed E-state index contributed by atoms with van der Waals surface area (Å²) < 4.78 is 6.72. The van der Waals surface area contributed by atoms with Crippen LogP contribution in [0.15, 0.2) is 18.2 Å². The van der Waals surface area contributed by atoms with Gasteiger partial charge in [0.15, 0.2) is 0 Å². The summed E-state index contributed by atoms with van der Waals surface area (Å²) in [6, 6.07) is 6.58. The molecule has 1 heterocycles. The summed E-state index contributed by atoms with van der Waals surface area (Å²) in [4.78, 5) is 4.66. The Kier molecular flexibility index (Phi) is 4.55. The minimum absolute atomic E-state index is 0.474. The molecule has 0 aliphatic carbocycles. The van der Waals surface area contributed by atoms with Crippen LogP contribution in [0.5, 0.6) is 5.75 Å². The zero-order valence-corrected chi connectivity index (χ0v) is 12.0. The third kappa shape index (κ3) is 3.21. The van der Waals surface area contributed by atoms with E-state index in [0.717, 1.165) is 24.2 Å². The van der Waals surface area contributed by atoms with Crippen LogP contribution in [-0.4, -0.2) is 24.2 Å². The van der Waals surface area contributed by atoms with Gasteiger partial charge in [-0.1, -0.05) is 6.92 Å². The van der Waals surface area contributed by atoms with Gasteiger partial charge in [0.1, 0.15) is 5.75 Å². The van der Waals surface area contributed by atoms with E-state index in [0.29, 0.717) is 12.6 Å². The van der Waals surface area contributed by atoms with Crippen LogP contribution in [0.25, 0.3) is 10.2 Å². The van der Waals surface area contributed by atoms with Gasteiger partial charge in [-0.15, -0.1) is 11.3 Å². The van der Waals surface area contributed by atoms with E-state index in [1.807, 2.05) is 19.1 Å². The zero-order chi connectivity index (χ0) is 13.0. The van der Waals surface area contributed by atoms with E-state index in [-0.39, 0.29) is 0 Å². The molecule has 0 fully saturated rings. The van der Waals surface area contributed by atoms with Crippen LogP contribution in [0.1, 0.15) is 25.8 Å². The van der Waals surface area contributed by atoms with Gasteiger partial charge in [-0.05, 0) is 38.6 Å². The van der Waals surface area contributed by atoms with E-state index in [4.69, 9.17) is 4.74 Å². The Morgan fingerprint density at radius 2 is 2.22 bits per heavy atom. The molecular formula is C14H20N2OS. The number of nitrogens with zero attached hydrogens (tertiary/aromatic N) is 1. The maximum Gasteiger partial charge on any atom is 0.120 e. The Morgan fingerprint density at radius 1 is 1.39 bits per heavy atom. The number of aromatic nitrogens is 1. The molecule has 0 bridgehead atoms. The molecule has 98 valence electrons. The predicted octanol–water partition coefficient (Wildman–Crippen LogP) is 3.24. The van der Waals surface area contributed by atoms with E-state index in [1.165, 1.54) is 9.71 Å². The Labute approximate surface area is 112 Å². The topological polar surface area (TPSA) is 34.2 Å². The molecule has 0 saturated heterocycles. The van der Waals surface area contributed by atoms with E-state index in [2.05, 4.69) is 30.2 Å². The minimum atomic E-state index is 0.474. The lowest BCUT2D eigenvalue weighted by Gasteiger charge is -2.08. The van der Waals surface area contributed by atoms with Gasteiger partial charge in [-0.3, -0.25) is 0 Å². The molecular weight excluding hydrogens is 244 g/mol. The maximum atomic E-state index is 5.51. The fraction of sp³-hybridized carbons (Fsp3) is 0.500. The van der Waals surface area contributed by atoms with Crippen LogP contribution in [0.2, 0.25) is 0 Å². The van der Waals surface area contributed by atoms with Crippen molar-refractivity contribution in [2.24, 2.45) is 0 Å². The van der Waals surface area contributed by atoms with Crippen molar-refractivity contribution in [3.63, 3.8) is 0 Å². The number of nitrogens with one attached hydrogen (secondary N) is 1. The van der Waals surface area contributed by atoms with E-state index >= 15 is 0 Å². The first-order valence-electron chi connectivity index (χ1n) is 6.48. The molecule has 1 atom stereocenters. The summed E-state index contributed by atoms with van der Waals surface area (Å²) in [6.07, 6.45) is 0.983. The van der Waals surface area contributed by atoms with Gasteiger partial charge in [-0.25, -0.2) is 4.98 Å². The van der Waals surface area contributed by atoms with Gasteiger partial charge in [0.25, 0.3) is 0 Å². The lowest BCUT2D eigenvalue weighted by Crippen LogP contribution is -2.27. The zero-order valence-electron chi connectivity index (χ0n) is 11.2. The van der Waals surface area contributed by atoms with Crippen LogP contribution in [0.4, 0.5) is 0 Å². The summed E-state index contributed by atoms with van der Waals surface area (Å²) in [6.45, 7) is 8.03. The molecule has 0 aliphatic rings. The van der Waals surface area contributed by atoms with Crippen LogP contribution in [-0.2, 0) is 6.42 Å². The largest absolute Gasteiger partial charge is 0.494 e. The van der Waals surface area contributed by atoms with E-state index in [1.54, 1.807) is 11.3 Å². The number of fused-ring (bicyclic) bond motifs is 1. The van der Waals surface area contributed by atoms with Crippen LogP contribution >= 0.6 is 11.3 Å². The van der Waals surface area contributed by atoms with Gasteiger partial charge in [0.2, 0.25) is 0 Å². The van der Waals surface area contributed by atoms with Crippen LogP contribution in [0.3, 0.4) is 0 Å². The highest BCUT2D eigenvalue weighted by molar-refractivity contribution is 7.18. The average Bonchev–Trinajstić information content (AvgIpc) is 2.71. The third-order valence-electron chi connectivity index (χ3n) is 2.75. The summed E-state index contributed by atoms with van der Waals surface area (Å²) in [5, 5.41) is 4.60. The molecule has 1 N–H and O–H groups in total. The van der Waals surface area contributed by atoms with Crippen molar-refractivity contribution in [1.82, 2.24) is 10.3 Å². The molecule has 0 saturated carbocycles. The van der Waals surface area contributed by atoms with Crippen molar-refractivity contribution in [2.75, 3.05) is 13.2 Å². The number of hydrogen-bond donors (Lipinski definition) is 1. The van der Waals surface area contributed by atoms with Crippen molar-refractivity contribution in [3.8, 4) is 5.75 Å². The van der Waals surface area contributed by atoms with Gasteiger partial charge in [0.05, 0.1) is 21.8 Å². The van der Waals surface area contributed by atoms with Gasteiger partial charge >= 0.3 is 0 Å². The SMILES string of the molecule is CCNC(C)Cc1nc2ccc(OCC)cc2s1. The molecule has 4 heteroatoms. The highest BCUT2D eigenvalue weighted by Crippen LogP contribution is 2.27. The molecule has 0 aliphatic heterocycles. The number of hydrogen-bond acceptors (Lipinski definition) is 4. The van der Waals surface area contributed by atoms with Crippen molar-refractivity contribution in [3.05, 3.63) is 23.2 Å². The third-order valence-corrected chi connectivity index (χ3v) is 3.79. The van der Waals surface area contributed by atoms with Gasteiger partial charge in [0, 0.05) is 12.5 Å².